The Morgan fingerprint density at radius 1 is 1.36 bits per heavy atom. The van der Waals surface area contributed by atoms with Crippen LogP contribution in [0.15, 0.2) is 23.0 Å². The van der Waals surface area contributed by atoms with Crippen LogP contribution in [0.4, 0.5) is 0 Å². The van der Waals surface area contributed by atoms with Gasteiger partial charge < -0.3 is 19.4 Å². The second-order valence-electron chi connectivity index (χ2n) is 8.83. The van der Waals surface area contributed by atoms with E-state index in [1.807, 2.05) is 6.07 Å². The molecule has 1 aromatic rings. The maximum atomic E-state index is 12.0. The highest BCUT2D eigenvalue weighted by Gasteiger charge is 2.69. The highest BCUT2D eigenvalue weighted by molar-refractivity contribution is 5.71. The molecule has 3 rings (SSSR count). The topological polar surface area (TPSA) is 79.9 Å². The molecule has 5 atom stereocenters. The molecule has 2 heterocycles. The van der Waals surface area contributed by atoms with Crippen LogP contribution >= 0.6 is 0 Å². The summed E-state index contributed by atoms with van der Waals surface area (Å²) < 4.78 is 11.4. The number of carboxylic acid groups (broad SMARTS) is 1. The van der Waals surface area contributed by atoms with Crippen molar-refractivity contribution in [2.45, 2.75) is 71.7 Å². The maximum absolute atomic E-state index is 12.0. The van der Waals surface area contributed by atoms with Crippen molar-refractivity contribution in [3.8, 4) is 0 Å². The Morgan fingerprint density at radius 3 is 2.68 bits per heavy atom. The summed E-state index contributed by atoms with van der Waals surface area (Å²) >= 11 is 0. The molecule has 0 radical (unpaired) electrons. The smallest absolute Gasteiger partial charge is 0.309 e. The number of aryl methyl sites for hydroxylation is 1. The SMILES string of the molecule is CC(C(=O)O)[C@@]1(CCc2ccoc2)OC(O)C2C(C)(C)CCC[C@@]21C. The molecule has 140 valence electrons. The largest absolute Gasteiger partial charge is 0.481 e. The number of aliphatic hydroxyl groups excluding tert-OH is 1. The molecule has 5 heteroatoms. The van der Waals surface area contributed by atoms with Gasteiger partial charge in [0.1, 0.15) is 0 Å². The van der Waals surface area contributed by atoms with E-state index < -0.39 is 23.8 Å². The maximum Gasteiger partial charge on any atom is 0.309 e. The zero-order valence-corrected chi connectivity index (χ0v) is 15.6. The number of furan rings is 1. The van der Waals surface area contributed by atoms with E-state index in [2.05, 4.69) is 20.8 Å². The number of carbonyl (C=O) groups is 1. The minimum atomic E-state index is -0.925. The van der Waals surface area contributed by atoms with Gasteiger partial charge in [0, 0.05) is 11.3 Å². The van der Waals surface area contributed by atoms with Crippen molar-refractivity contribution in [1.29, 1.82) is 0 Å². The minimum absolute atomic E-state index is 0.0695. The van der Waals surface area contributed by atoms with Crippen LogP contribution < -0.4 is 0 Å². The molecule has 1 aromatic heterocycles. The first-order valence-electron chi connectivity index (χ1n) is 9.24. The summed E-state index contributed by atoms with van der Waals surface area (Å²) in [6.07, 6.45) is 6.54. The normalized spacial score (nSPS) is 38.3. The summed E-state index contributed by atoms with van der Waals surface area (Å²) in [5, 5.41) is 20.6. The van der Waals surface area contributed by atoms with Crippen LogP contribution in [0.25, 0.3) is 0 Å². The Balaban J connectivity index is 2.02. The van der Waals surface area contributed by atoms with Gasteiger partial charge in [-0.05, 0) is 49.7 Å². The Kier molecular flexibility index (Phi) is 4.53. The van der Waals surface area contributed by atoms with Crippen molar-refractivity contribution < 1.29 is 24.2 Å². The molecule has 25 heavy (non-hydrogen) atoms. The van der Waals surface area contributed by atoms with Gasteiger partial charge in [-0.2, -0.15) is 0 Å². The Bertz CT molecular complexity index is 622. The van der Waals surface area contributed by atoms with Crippen LogP contribution in [-0.4, -0.2) is 28.1 Å². The molecule has 0 amide bonds. The van der Waals surface area contributed by atoms with Crippen LogP contribution in [0.5, 0.6) is 0 Å². The Morgan fingerprint density at radius 2 is 2.08 bits per heavy atom. The van der Waals surface area contributed by atoms with Gasteiger partial charge in [-0.3, -0.25) is 4.79 Å². The molecule has 2 fully saturated rings. The van der Waals surface area contributed by atoms with E-state index >= 15 is 0 Å². The van der Waals surface area contributed by atoms with E-state index in [4.69, 9.17) is 9.15 Å². The summed E-state index contributed by atoms with van der Waals surface area (Å²) in [6, 6.07) is 1.90. The number of carboxylic acids is 1. The van der Waals surface area contributed by atoms with E-state index in [9.17, 15) is 15.0 Å². The van der Waals surface area contributed by atoms with E-state index in [1.54, 1.807) is 19.5 Å². The average molecular weight is 350 g/mol. The molecule has 1 aliphatic carbocycles. The average Bonchev–Trinajstić information content (AvgIpc) is 3.09. The monoisotopic (exact) mass is 350 g/mol. The molecule has 0 bridgehead atoms. The van der Waals surface area contributed by atoms with Gasteiger partial charge in [-0.25, -0.2) is 0 Å². The molecular weight excluding hydrogens is 320 g/mol. The summed E-state index contributed by atoms with van der Waals surface area (Å²) in [4.78, 5) is 12.0. The fraction of sp³-hybridized carbons (Fsp3) is 0.750. The molecule has 1 saturated heterocycles. The van der Waals surface area contributed by atoms with Crippen LogP contribution in [-0.2, 0) is 16.0 Å². The highest BCUT2D eigenvalue weighted by atomic mass is 16.6. The van der Waals surface area contributed by atoms with Gasteiger partial charge in [0.05, 0.1) is 24.0 Å². The summed E-state index contributed by atoms with van der Waals surface area (Å²) in [6.45, 7) is 8.18. The lowest BCUT2D eigenvalue weighted by Crippen LogP contribution is -2.56. The second kappa shape index (κ2) is 6.13. The van der Waals surface area contributed by atoms with Crippen LogP contribution in [0, 0.1) is 22.7 Å². The first-order chi connectivity index (χ1) is 11.6. The molecule has 3 unspecified atom stereocenters. The number of fused-ring (bicyclic) bond motifs is 1. The standard InChI is InChI=1S/C20H30O5/c1-13(16(21)22)20(10-6-14-7-11-24-12-14)19(4)9-5-8-18(2,3)15(19)17(23)25-20/h7,11-13,15,17,23H,5-6,8-10H2,1-4H3,(H,21,22)/t13?,15?,17?,19-,20+/m0/s1. The third kappa shape index (κ3) is 2.72. The quantitative estimate of drug-likeness (QED) is 0.843. The minimum Gasteiger partial charge on any atom is -0.481 e. The summed E-state index contributed by atoms with van der Waals surface area (Å²) in [5.74, 6) is -1.64. The van der Waals surface area contributed by atoms with Crippen molar-refractivity contribution in [3.63, 3.8) is 0 Å². The molecule has 5 nitrogen and oxygen atoms in total. The number of aliphatic carboxylic acids is 1. The van der Waals surface area contributed by atoms with Crippen molar-refractivity contribution in [2.75, 3.05) is 0 Å². The van der Waals surface area contributed by atoms with Gasteiger partial charge in [0.25, 0.3) is 0 Å². The predicted molar refractivity (Wildman–Crippen MR) is 92.9 cm³/mol. The lowest BCUT2D eigenvalue weighted by Gasteiger charge is -2.53. The predicted octanol–water partition coefficient (Wildman–Crippen LogP) is 3.85. The van der Waals surface area contributed by atoms with Crippen LogP contribution in [0.1, 0.15) is 58.9 Å². The lowest BCUT2D eigenvalue weighted by molar-refractivity contribution is -0.192. The fourth-order valence-corrected chi connectivity index (χ4v) is 5.80. The number of hydrogen-bond acceptors (Lipinski definition) is 4. The van der Waals surface area contributed by atoms with Crippen molar-refractivity contribution in [3.05, 3.63) is 24.2 Å². The van der Waals surface area contributed by atoms with Gasteiger partial charge in [-0.15, -0.1) is 0 Å². The first kappa shape index (κ1) is 18.5. The van der Waals surface area contributed by atoms with Crippen LogP contribution in [0.3, 0.4) is 0 Å². The number of aliphatic hydroxyl groups is 1. The zero-order chi connectivity index (χ0) is 18.5. The van der Waals surface area contributed by atoms with Gasteiger partial charge >= 0.3 is 5.97 Å². The molecule has 0 spiro atoms. The Hall–Kier alpha value is -1.33. The summed E-state index contributed by atoms with van der Waals surface area (Å²) in [7, 11) is 0. The molecule has 1 aliphatic heterocycles. The van der Waals surface area contributed by atoms with Gasteiger partial charge in [0.15, 0.2) is 6.29 Å². The van der Waals surface area contributed by atoms with Gasteiger partial charge in [-0.1, -0.05) is 27.2 Å². The van der Waals surface area contributed by atoms with E-state index in [1.165, 1.54) is 0 Å². The van der Waals surface area contributed by atoms with Gasteiger partial charge in [0.2, 0.25) is 0 Å². The zero-order valence-electron chi connectivity index (χ0n) is 15.6. The molecule has 1 saturated carbocycles. The number of rotatable bonds is 5. The third-order valence-corrected chi connectivity index (χ3v) is 7.06. The first-order valence-corrected chi connectivity index (χ1v) is 9.24. The fourth-order valence-electron chi connectivity index (χ4n) is 5.80. The number of hydrogen-bond donors (Lipinski definition) is 2. The third-order valence-electron chi connectivity index (χ3n) is 7.06. The van der Waals surface area contributed by atoms with Crippen LogP contribution in [0.2, 0.25) is 0 Å². The molecular formula is C20H30O5. The van der Waals surface area contributed by atoms with Crippen molar-refractivity contribution >= 4 is 5.97 Å². The van der Waals surface area contributed by atoms with E-state index in [-0.39, 0.29) is 16.7 Å². The lowest BCUT2D eigenvalue weighted by atomic mass is 9.50. The molecule has 2 aliphatic rings. The Labute approximate surface area is 149 Å². The van der Waals surface area contributed by atoms with E-state index in [0.717, 1.165) is 24.8 Å². The van der Waals surface area contributed by atoms with E-state index in [0.29, 0.717) is 12.8 Å². The van der Waals surface area contributed by atoms with Crippen molar-refractivity contribution in [2.24, 2.45) is 22.7 Å². The number of ether oxygens (including phenoxy) is 1. The molecule has 2 N–H and O–H groups in total. The van der Waals surface area contributed by atoms with Crippen molar-refractivity contribution in [1.82, 2.24) is 0 Å². The highest BCUT2D eigenvalue weighted by Crippen LogP contribution is 2.65. The second-order valence-corrected chi connectivity index (χ2v) is 8.83. The summed E-state index contributed by atoms with van der Waals surface area (Å²) in [5.41, 5.74) is -0.326. The molecule has 0 aromatic carbocycles.